The van der Waals surface area contributed by atoms with Crippen LogP contribution in [0.2, 0.25) is 0 Å². The first kappa shape index (κ1) is 21.8. The number of carbonyl (C=O) groups is 1. The van der Waals surface area contributed by atoms with E-state index in [1.54, 1.807) is 36.5 Å². The van der Waals surface area contributed by atoms with E-state index in [0.717, 1.165) is 38.2 Å². The topological polar surface area (TPSA) is 65.5 Å². The van der Waals surface area contributed by atoms with Crippen LogP contribution in [0.3, 0.4) is 0 Å². The third kappa shape index (κ3) is 4.93. The zero-order valence-electron chi connectivity index (χ0n) is 17.5. The summed E-state index contributed by atoms with van der Waals surface area (Å²) in [4.78, 5) is 19.9. The van der Waals surface area contributed by atoms with Gasteiger partial charge in [0.05, 0.1) is 5.69 Å². The van der Waals surface area contributed by atoms with Gasteiger partial charge in [-0.3, -0.25) is 14.7 Å². The van der Waals surface area contributed by atoms with E-state index < -0.39 is 29.8 Å². The van der Waals surface area contributed by atoms with Gasteiger partial charge in [-0.1, -0.05) is 36.4 Å². The Morgan fingerprint density at radius 2 is 1.84 bits per heavy atom. The van der Waals surface area contributed by atoms with Crippen molar-refractivity contribution in [2.24, 2.45) is 5.92 Å². The van der Waals surface area contributed by atoms with E-state index in [1.807, 2.05) is 18.2 Å². The third-order valence-electron chi connectivity index (χ3n) is 6.59. The fourth-order valence-electron chi connectivity index (χ4n) is 4.80. The molecule has 1 unspecified atom stereocenters. The van der Waals surface area contributed by atoms with Gasteiger partial charge in [-0.2, -0.15) is 0 Å². The summed E-state index contributed by atoms with van der Waals surface area (Å²) in [6, 6.07) is 14.3. The number of alkyl halides is 2. The average molecular weight is 430 g/mol. The predicted molar refractivity (Wildman–Crippen MR) is 113 cm³/mol. The minimum atomic E-state index is -2.84. The highest BCUT2D eigenvalue weighted by atomic mass is 19.3. The molecule has 2 fully saturated rings. The molecule has 1 aliphatic heterocycles. The second kappa shape index (κ2) is 9.01. The molecule has 31 heavy (non-hydrogen) atoms. The van der Waals surface area contributed by atoms with Crippen molar-refractivity contribution in [3.8, 4) is 0 Å². The zero-order chi connectivity index (χ0) is 21.9. The second-order valence-electron chi connectivity index (χ2n) is 8.77. The summed E-state index contributed by atoms with van der Waals surface area (Å²) in [5.41, 5.74) is -0.569. The van der Waals surface area contributed by atoms with Crippen LogP contribution in [-0.4, -0.2) is 46.0 Å². The number of piperidine rings is 1. The number of hydrogen-bond donors (Lipinski definition) is 2. The van der Waals surface area contributed by atoms with Crippen molar-refractivity contribution in [1.82, 2.24) is 15.2 Å². The van der Waals surface area contributed by atoms with E-state index in [0.29, 0.717) is 5.56 Å². The number of benzene rings is 1. The number of likely N-dealkylation sites (tertiary alicyclic amines) is 1. The average Bonchev–Trinajstić information content (AvgIpc) is 3.16. The first-order valence-electron chi connectivity index (χ1n) is 11.0. The maximum absolute atomic E-state index is 13.9. The van der Waals surface area contributed by atoms with Crippen LogP contribution in [0, 0.1) is 5.92 Å². The molecule has 1 aromatic carbocycles. The highest BCUT2D eigenvalue weighted by molar-refractivity contribution is 5.87. The van der Waals surface area contributed by atoms with Crippen LogP contribution < -0.4 is 5.32 Å². The molecular weight excluding hydrogens is 400 g/mol. The van der Waals surface area contributed by atoms with Gasteiger partial charge in [0.1, 0.15) is 0 Å². The first-order valence-corrected chi connectivity index (χ1v) is 11.0. The summed E-state index contributed by atoms with van der Waals surface area (Å²) >= 11 is 0. The molecule has 1 aliphatic carbocycles. The van der Waals surface area contributed by atoms with E-state index in [4.69, 9.17) is 0 Å². The quantitative estimate of drug-likeness (QED) is 0.738. The molecule has 1 saturated carbocycles. The Kier molecular flexibility index (Phi) is 6.34. The minimum absolute atomic E-state index is 0.0929. The van der Waals surface area contributed by atoms with Crippen LogP contribution in [0.5, 0.6) is 0 Å². The highest BCUT2D eigenvalue weighted by Gasteiger charge is 2.53. The lowest BCUT2D eigenvalue weighted by Crippen LogP contribution is -2.54. The number of nitrogens with one attached hydrogen (secondary N) is 1. The smallest absolute Gasteiger partial charge is 0.257 e. The van der Waals surface area contributed by atoms with Crippen LogP contribution in [-0.2, 0) is 16.9 Å². The van der Waals surface area contributed by atoms with E-state index in [-0.39, 0.29) is 18.9 Å². The van der Waals surface area contributed by atoms with Gasteiger partial charge in [0.15, 0.2) is 5.60 Å². The normalized spacial score (nSPS) is 23.9. The molecule has 2 aliphatic rings. The van der Waals surface area contributed by atoms with Crippen molar-refractivity contribution in [2.45, 2.75) is 56.2 Å². The summed E-state index contributed by atoms with van der Waals surface area (Å²) in [6.45, 7) is 2.35. The number of carbonyl (C=O) groups excluding carboxylic acids is 1. The van der Waals surface area contributed by atoms with Gasteiger partial charge in [0.2, 0.25) is 5.92 Å². The van der Waals surface area contributed by atoms with E-state index in [9.17, 15) is 18.7 Å². The lowest BCUT2D eigenvalue weighted by molar-refractivity contribution is -0.149. The van der Waals surface area contributed by atoms with Crippen LogP contribution >= 0.6 is 0 Å². The van der Waals surface area contributed by atoms with Gasteiger partial charge >= 0.3 is 0 Å². The van der Waals surface area contributed by atoms with Gasteiger partial charge in [-0.15, -0.1) is 0 Å². The van der Waals surface area contributed by atoms with Gasteiger partial charge in [0.25, 0.3) is 5.91 Å². The van der Waals surface area contributed by atoms with Crippen molar-refractivity contribution in [3.05, 3.63) is 66.0 Å². The highest BCUT2D eigenvalue weighted by Crippen LogP contribution is 2.47. The zero-order valence-corrected chi connectivity index (χ0v) is 17.5. The molecule has 2 atom stereocenters. The molecule has 1 amide bonds. The Labute approximate surface area is 181 Å². The van der Waals surface area contributed by atoms with Crippen molar-refractivity contribution in [3.63, 3.8) is 0 Å². The number of rotatable bonds is 6. The van der Waals surface area contributed by atoms with Crippen molar-refractivity contribution in [2.75, 3.05) is 13.1 Å². The maximum Gasteiger partial charge on any atom is 0.257 e. The lowest BCUT2D eigenvalue weighted by atomic mass is 9.79. The maximum atomic E-state index is 13.9. The number of nitrogens with zero attached hydrogens (tertiary/aromatic N) is 2. The van der Waals surface area contributed by atoms with Crippen LogP contribution in [0.15, 0.2) is 54.7 Å². The molecule has 0 spiro atoms. The van der Waals surface area contributed by atoms with Gasteiger partial charge in [-0.25, -0.2) is 8.78 Å². The van der Waals surface area contributed by atoms with Gasteiger partial charge < -0.3 is 10.4 Å². The number of halogens is 2. The molecule has 4 rings (SSSR count). The molecule has 2 N–H and O–H groups in total. The summed E-state index contributed by atoms with van der Waals surface area (Å²) < 4.78 is 27.9. The molecule has 0 bridgehead atoms. The van der Waals surface area contributed by atoms with Crippen molar-refractivity contribution < 1.29 is 18.7 Å². The first-order chi connectivity index (χ1) is 14.9. The third-order valence-corrected chi connectivity index (χ3v) is 6.59. The molecule has 1 saturated heterocycles. The molecule has 2 heterocycles. The van der Waals surface area contributed by atoms with Crippen molar-refractivity contribution >= 4 is 5.91 Å². The number of amides is 1. The Balaban J connectivity index is 1.41. The lowest BCUT2D eigenvalue weighted by Gasteiger charge is -2.37. The SMILES string of the molecule is O=C(NC1CCN(Cc2ccccn2)CC1)[C@](O)(c1ccccc1)C1CCC(F)(F)C1. The van der Waals surface area contributed by atoms with Crippen molar-refractivity contribution in [1.29, 1.82) is 0 Å². The van der Waals surface area contributed by atoms with Crippen LogP contribution in [0.25, 0.3) is 0 Å². The predicted octanol–water partition coefficient (Wildman–Crippen LogP) is 3.49. The standard InChI is InChI=1S/C24H29F2N3O2/c25-23(26)12-9-19(16-23)24(31,18-6-2-1-3-7-18)22(30)28-20-10-14-29(15-11-20)17-21-8-4-5-13-27-21/h1-8,13,19-20,31H,9-12,14-17H2,(H,28,30)/t19?,24-/m0/s1. The summed E-state index contributed by atoms with van der Waals surface area (Å²) in [5.74, 6) is -4.22. The Bertz CT molecular complexity index is 873. The number of aliphatic hydroxyl groups is 1. The molecule has 1 aromatic heterocycles. The Hall–Kier alpha value is -2.38. The number of aromatic nitrogens is 1. The largest absolute Gasteiger partial charge is 0.375 e. The minimum Gasteiger partial charge on any atom is -0.375 e. The van der Waals surface area contributed by atoms with Gasteiger partial charge in [-0.05, 0) is 37.0 Å². The molecule has 2 aromatic rings. The number of pyridine rings is 1. The van der Waals surface area contributed by atoms with Crippen LogP contribution in [0.1, 0.15) is 43.4 Å². The van der Waals surface area contributed by atoms with E-state index >= 15 is 0 Å². The summed E-state index contributed by atoms with van der Waals surface area (Å²) in [5, 5.41) is 14.5. The fourth-order valence-corrected chi connectivity index (χ4v) is 4.80. The Morgan fingerprint density at radius 1 is 1.13 bits per heavy atom. The molecule has 7 heteroatoms. The monoisotopic (exact) mass is 429 g/mol. The molecule has 5 nitrogen and oxygen atoms in total. The Morgan fingerprint density at radius 3 is 2.45 bits per heavy atom. The fraction of sp³-hybridized carbons (Fsp3) is 0.500. The number of hydrogen-bond acceptors (Lipinski definition) is 4. The second-order valence-corrected chi connectivity index (χ2v) is 8.77. The molecule has 0 radical (unpaired) electrons. The summed E-state index contributed by atoms with van der Waals surface area (Å²) in [6.07, 6.45) is 2.60. The van der Waals surface area contributed by atoms with Crippen LogP contribution in [0.4, 0.5) is 8.78 Å². The molecular formula is C24H29F2N3O2. The van der Waals surface area contributed by atoms with E-state index in [2.05, 4.69) is 15.2 Å². The van der Waals surface area contributed by atoms with E-state index in [1.165, 1.54) is 0 Å². The summed E-state index contributed by atoms with van der Waals surface area (Å²) in [7, 11) is 0. The van der Waals surface area contributed by atoms with Gasteiger partial charge in [0, 0.05) is 50.6 Å². The molecule has 166 valence electrons.